The fraction of sp³-hybridized carbons (Fsp3) is 0. The van der Waals surface area contributed by atoms with Crippen molar-refractivity contribution in [1.29, 1.82) is 0 Å². The van der Waals surface area contributed by atoms with E-state index in [-0.39, 0.29) is 10.0 Å². The van der Waals surface area contributed by atoms with Gasteiger partial charge in [0.15, 0.2) is 5.11 Å². The number of rotatable bonds is 5. The predicted octanol–water partition coefficient (Wildman–Crippen LogP) is 3.53. The van der Waals surface area contributed by atoms with Crippen molar-refractivity contribution < 1.29 is 8.42 Å². The molecule has 0 aliphatic carbocycles. The first-order chi connectivity index (χ1) is 12.5. The standard InChI is InChI=1S/C19H17N3O2S2/c23-26(24,18-9-5-2-6-10-18)22-21-19(25)20-17-13-11-16(12-14-17)15-7-3-1-4-8-15/h1-14,22H,(H2,20,21,25). The van der Waals surface area contributed by atoms with Gasteiger partial charge in [-0.15, -0.1) is 4.83 Å². The monoisotopic (exact) mass is 383 g/mol. The highest BCUT2D eigenvalue weighted by Crippen LogP contribution is 2.20. The fourth-order valence-electron chi connectivity index (χ4n) is 2.31. The minimum absolute atomic E-state index is 0.150. The number of thiocarbonyl (C=S) groups is 1. The Hall–Kier alpha value is -2.74. The minimum atomic E-state index is -3.68. The quantitative estimate of drug-likeness (QED) is 0.464. The second-order valence-electron chi connectivity index (χ2n) is 5.44. The molecule has 5 nitrogen and oxygen atoms in total. The van der Waals surface area contributed by atoms with E-state index in [1.807, 2.05) is 54.6 Å². The van der Waals surface area contributed by atoms with E-state index in [1.165, 1.54) is 12.1 Å². The van der Waals surface area contributed by atoms with E-state index in [2.05, 4.69) is 15.6 Å². The van der Waals surface area contributed by atoms with Crippen LogP contribution in [0.2, 0.25) is 0 Å². The summed E-state index contributed by atoms with van der Waals surface area (Å²) in [5.41, 5.74) is 5.45. The summed E-state index contributed by atoms with van der Waals surface area (Å²) in [6, 6.07) is 25.8. The summed E-state index contributed by atoms with van der Waals surface area (Å²) in [5, 5.41) is 3.09. The molecule has 0 amide bonds. The smallest absolute Gasteiger partial charge is 0.257 e. The molecule has 0 radical (unpaired) electrons. The van der Waals surface area contributed by atoms with E-state index in [9.17, 15) is 8.42 Å². The normalized spacial score (nSPS) is 10.9. The lowest BCUT2D eigenvalue weighted by molar-refractivity contribution is 0.578. The molecule has 0 saturated carbocycles. The van der Waals surface area contributed by atoms with Gasteiger partial charge in [0.2, 0.25) is 0 Å². The molecule has 0 spiro atoms. The molecule has 3 aromatic rings. The lowest BCUT2D eigenvalue weighted by Crippen LogP contribution is -2.43. The van der Waals surface area contributed by atoms with Gasteiger partial charge in [0.1, 0.15) is 0 Å². The zero-order chi connectivity index (χ0) is 18.4. The molecule has 0 atom stereocenters. The summed E-state index contributed by atoms with van der Waals surface area (Å²) in [6.45, 7) is 0. The Morgan fingerprint density at radius 3 is 1.88 bits per heavy atom. The molecule has 0 bridgehead atoms. The molecule has 0 fully saturated rings. The summed E-state index contributed by atoms with van der Waals surface area (Å²) >= 11 is 5.13. The lowest BCUT2D eigenvalue weighted by atomic mass is 10.1. The van der Waals surface area contributed by atoms with Crippen molar-refractivity contribution in [2.75, 3.05) is 5.32 Å². The number of sulfonamides is 1. The van der Waals surface area contributed by atoms with Crippen LogP contribution in [0, 0.1) is 0 Å². The van der Waals surface area contributed by atoms with Gasteiger partial charge >= 0.3 is 0 Å². The second-order valence-corrected chi connectivity index (χ2v) is 7.53. The average Bonchev–Trinajstić information content (AvgIpc) is 2.68. The van der Waals surface area contributed by atoms with Crippen LogP contribution in [0.5, 0.6) is 0 Å². The number of hydrogen-bond acceptors (Lipinski definition) is 3. The van der Waals surface area contributed by atoms with Gasteiger partial charge in [-0.3, -0.25) is 5.43 Å². The molecule has 3 aromatic carbocycles. The topological polar surface area (TPSA) is 70.2 Å². The van der Waals surface area contributed by atoms with Crippen LogP contribution in [0.15, 0.2) is 89.8 Å². The molecule has 0 aliphatic heterocycles. The predicted molar refractivity (Wildman–Crippen MR) is 108 cm³/mol. The summed E-state index contributed by atoms with van der Waals surface area (Å²) < 4.78 is 24.3. The van der Waals surface area contributed by atoms with Crippen LogP contribution < -0.4 is 15.6 Å². The summed E-state index contributed by atoms with van der Waals surface area (Å²) in [4.78, 5) is 2.41. The van der Waals surface area contributed by atoms with Crippen molar-refractivity contribution >= 4 is 33.0 Å². The third kappa shape index (κ3) is 4.66. The summed E-state index contributed by atoms with van der Waals surface area (Å²) in [6.07, 6.45) is 0. The Morgan fingerprint density at radius 2 is 1.27 bits per heavy atom. The van der Waals surface area contributed by atoms with Crippen LogP contribution >= 0.6 is 12.2 Å². The van der Waals surface area contributed by atoms with Gasteiger partial charge in [-0.05, 0) is 47.6 Å². The van der Waals surface area contributed by atoms with Gasteiger partial charge in [-0.2, -0.15) is 0 Å². The van der Waals surface area contributed by atoms with E-state index in [0.717, 1.165) is 16.8 Å². The molecular weight excluding hydrogens is 366 g/mol. The van der Waals surface area contributed by atoms with Crippen LogP contribution in [0.25, 0.3) is 11.1 Å². The molecule has 3 N–H and O–H groups in total. The first-order valence-electron chi connectivity index (χ1n) is 7.84. The van der Waals surface area contributed by atoms with Gasteiger partial charge in [0.25, 0.3) is 10.0 Å². The first kappa shape index (κ1) is 18.1. The molecular formula is C19H17N3O2S2. The number of hydrogen-bond donors (Lipinski definition) is 3. The van der Waals surface area contributed by atoms with Crippen molar-refractivity contribution in [1.82, 2.24) is 10.3 Å². The van der Waals surface area contributed by atoms with Crippen LogP contribution in [-0.2, 0) is 10.0 Å². The highest BCUT2D eigenvalue weighted by Gasteiger charge is 2.13. The van der Waals surface area contributed by atoms with Crippen molar-refractivity contribution in [3.05, 3.63) is 84.9 Å². The van der Waals surface area contributed by atoms with Gasteiger partial charge in [-0.25, -0.2) is 8.42 Å². The Morgan fingerprint density at radius 1 is 0.731 bits per heavy atom. The number of hydrazine groups is 1. The zero-order valence-corrected chi connectivity index (χ0v) is 15.3. The van der Waals surface area contributed by atoms with Crippen LogP contribution in [0.4, 0.5) is 5.69 Å². The molecule has 26 heavy (non-hydrogen) atoms. The maximum atomic E-state index is 12.1. The van der Waals surface area contributed by atoms with Crippen LogP contribution in [0.1, 0.15) is 0 Å². The third-order valence-corrected chi connectivity index (χ3v) is 5.07. The maximum Gasteiger partial charge on any atom is 0.257 e. The van der Waals surface area contributed by atoms with Crippen LogP contribution in [0.3, 0.4) is 0 Å². The van der Waals surface area contributed by atoms with Crippen molar-refractivity contribution in [2.45, 2.75) is 4.90 Å². The highest BCUT2D eigenvalue weighted by molar-refractivity contribution is 7.89. The van der Waals surface area contributed by atoms with Crippen LogP contribution in [-0.4, -0.2) is 13.5 Å². The lowest BCUT2D eigenvalue weighted by Gasteiger charge is -2.12. The second kappa shape index (κ2) is 8.09. The molecule has 7 heteroatoms. The number of nitrogens with one attached hydrogen (secondary N) is 3. The van der Waals surface area contributed by atoms with Crippen molar-refractivity contribution in [3.63, 3.8) is 0 Å². The average molecular weight is 383 g/mol. The van der Waals surface area contributed by atoms with E-state index >= 15 is 0 Å². The molecule has 132 valence electrons. The van der Waals surface area contributed by atoms with Gasteiger partial charge < -0.3 is 5.32 Å². The highest BCUT2D eigenvalue weighted by atomic mass is 32.2. The van der Waals surface area contributed by atoms with Crippen molar-refractivity contribution in [2.24, 2.45) is 0 Å². The molecule has 0 aromatic heterocycles. The Balaban J connectivity index is 1.58. The Kier molecular flexibility index (Phi) is 5.62. The Bertz CT molecular complexity index is 974. The SMILES string of the molecule is O=S(=O)(NNC(=S)Nc1ccc(-c2ccccc2)cc1)c1ccccc1. The molecule has 3 rings (SSSR count). The summed E-state index contributed by atoms with van der Waals surface area (Å²) in [5.74, 6) is 0. The van der Waals surface area contributed by atoms with Crippen molar-refractivity contribution in [3.8, 4) is 11.1 Å². The van der Waals surface area contributed by atoms with Gasteiger partial charge in [-0.1, -0.05) is 60.7 Å². The largest absolute Gasteiger partial charge is 0.332 e. The Labute approximate surface area is 158 Å². The van der Waals surface area contributed by atoms with E-state index in [1.54, 1.807) is 18.2 Å². The molecule has 0 saturated heterocycles. The molecule has 0 heterocycles. The minimum Gasteiger partial charge on any atom is -0.332 e. The van der Waals surface area contributed by atoms with Gasteiger partial charge in [0.05, 0.1) is 4.90 Å². The summed E-state index contributed by atoms with van der Waals surface area (Å²) in [7, 11) is -3.68. The van der Waals surface area contributed by atoms with E-state index in [0.29, 0.717) is 0 Å². The van der Waals surface area contributed by atoms with Gasteiger partial charge in [0, 0.05) is 5.69 Å². The first-order valence-corrected chi connectivity index (χ1v) is 9.73. The fourth-order valence-corrected chi connectivity index (χ4v) is 3.41. The maximum absolute atomic E-state index is 12.1. The number of benzene rings is 3. The van der Waals surface area contributed by atoms with E-state index in [4.69, 9.17) is 12.2 Å². The molecule has 0 unspecified atom stereocenters. The number of anilines is 1. The van der Waals surface area contributed by atoms with E-state index < -0.39 is 10.0 Å². The zero-order valence-electron chi connectivity index (χ0n) is 13.7. The molecule has 0 aliphatic rings. The third-order valence-electron chi connectivity index (χ3n) is 3.60.